The van der Waals surface area contributed by atoms with Crippen LogP contribution in [0.2, 0.25) is 0 Å². The first kappa shape index (κ1) is 14.4. The Hall–Kier alpha value is 0.0200. The third-order valence-electron chi connectivity index (χ3n) is 2.81. The monoisotopic (exact) mass is 397 g/mol. The van der Waals surface area contributed by atoms with Gasteiger partial charge < -0.3 is 9.52 Å². The number of furan rings is 1. The van der Waals surface area contributed by atoms with E-state index in [1.54, 1.807) is 0 Å². The summed E-state index contributed by atoms with van der Waals surface area (Å²) in [7, 11) is 0. The molecule has 1 aromatic heterocycles. The molecule has 0 aromatic carbocycles. The lowest BCUT2D eigenvalue weighted by atomic mass is 10.2. The highest BCUT2D eigenvalue weighted by molar-refractivity contribution is 9.13. The molecule has 100 valence electrons. The molecular formula is C11H13Br2NO3S. The quantitative estimate of drug-likeness (QED) is 0.843. The summed E-state index contributed by atoms with van der Waals surface area (Å²) in [4.78, 5) is 13.0. The van der Waals surface area contributed by atoms with Crippen molar-refractivity contribution < 1.29 is 14.3 Å². The Morgan fingerprint density at radius 2 is 2.39 bits per heavy atom. The van der Waals surface area contributed by atoms with Gasteiger partial charge in [-0.15, -0.1) is 0 Å². The largest absolute Gasteiger partial charge is 0.481 e. The maximum absolute atomic E-state index is 10.8. The van der Waals surface area contributed by atoms with Gasteiger partial charge in [0.05, 0.1) is 17.4 Å². The van der Waals surface area contributed by atoms with Crippen molar-refractivity contribution in [3.8, 4) is 0 Å². The molecule has 1 unspecified atom stereocenters. The van der Waals surface area contributed by atoms with Gasteiger partial charge in [0.1, 0.15) is 5.76 Å². The molecule has 0 amide bonds. The number of rotatable bonds is 4. The van der Waals surface area contributed by atoms with Crippen LogP contribution in [-0.4, -0.2) is 40.1 Å². The van der Waals surface area contributed by atoms with Gasteiger partial charge in [-0.25, -0.2) is 0 Å². The summed E-state index contributed by atoms with van der Waals surface area (Å²) in [6.07, 6.45) is 0.191. The molecule has 1 N–H and O–H groups in total. The van der Waals surface area contributed by atoms with Gasteiger partial charge in [0, 0.05) is 24.1 Å². The molecule has 2 rings (SSSR count). The third-order valence-corrected chi connectivity index (χ3v) is 5.62. The third kappa shape index (κ3) is 3.76. The molecule has 4 nitrogen and oxygen atoms in total. The van der Waals surface area contributed by atoms with Gasteiger partial charge in [-0.2, -0.15) is 11.8 Å². The fourth-order valence-electron chi connectivity index (χ4n) is 1.96. The molecule has 0 spiro atoms. The fourth-order valence-corrected chi connectivity index (χ4v) is 3.75. The number of carboxylic acids is 1. The topological polar surface area (TPSA) is 53.7 Å². The maximum atomic E-state index is 10.8. The molecule has 1 aliphatic rings. The van der Waals surface area contributed by atoms with E-state index < -0.39 is 5.97 Å². The van der Waals surface area contributed by atoms with Crippen molar-refractivity contribution in [3.63, 3.8) is 0 Å². The Balaban J connectivity index is 2.02. The van der Waals surface area contributed by atoms with Crippen molar-refractivity contribution in [2.75, 3.05) is 18.1 Å². The zero-order valence-electron chi connectivity index (χ0n) is 9.57. The van der Waals surface area contributed by atoms with Crippen molar-refractivity contribution in [1.29, 1.82) is 0 Å². The Labute approximate surface area is 126 Å². The van der Waals surface area contributed by atoms with Crippen molar-refractivity contribution in [2.24, 2.45) is 0 Å². The SMILES string of the molecule is O=C(O)CC1CSCCN1Cc1cc(Br)c(Br)o1. The maximum Gasteiger partial charge on any atom is 0.304 e. The first-order valence-electron chi connectivity index (χ1n) is 5.53. The Morgan fingerprint density at radius 3 is 3.00 bits per heavy atom. The molecular weight excluding hydrogens is 386 g/mol. The number of carboxylic acid groups (broad SMARTS) is 1. The highest BCUT2D eigenvalue weighted by atomic mass is 79.9. The minimum atomic E-state index is -0.741. The lowest BCUT2D eigenvalue weighted by molar-refractivity contribution is -0.138. The van der Waals surface area contributed by atoms with E-state index in [1.807, 2.05) is 17.8 Å². The van der Waals surface area contributed by atoms with Crippen molar-refractivity contribution >= 4 is 49.6 Å². The smallest absolute Gasteiger partial charge is 0.304 e. The minimum Gasteiger partial charge on any atom is -0.481 e. The zero-order chi connectivity index (χ0) is 13.1. The van der Waals surface area contributed by atoms with Crippen LogP contribution in [0.1, 0.15) is 12.2 Å². The molecule has 18 heavy (non-hydrogen) atoms. The second kappa shape index (κ2) is 6.45. The van der Waals surface area contributed by atoms with E-state index in [0.29, 0.717) is 11.2 Å². The van der Waals surface area contributed by atoms with Crippen LogP contribution in [0.3, 0.4) is 0 Å². The first-order chi connectivity index (χ1) is 8.56. The summed E-state index contributed by atoms with van der Waals surface area (Å²) in [5.41, 5.74) is 0. The van der Waals surface area contributed by atoms with E-state index >= 15 is 0 Å². The van der Waals surface area contributed by atoms with Crippen LogP contribution in [0.15, 0.2) is 19.6 Å². The van der Waals surface area contributed by atoms with Crippen molar-refractivity contribution in [3.05, 3.63) is 21.0 Å². The van der Waals surface area contributed by atoms with E-state index in [1.165, 1.54) is 0 Å². The lowest BCUT2D eigenvalue weighted by Crippen LogP contribution is -2.42. The van der Waals surface area contributed by atoms with E-state index in [4.69, 9.17) is 9.52 Å². The van der Waals surface area contributed by atoms with Crippen molar-refractivity contribution in [2.45, 2.75) is 19.0 Å². The standard InChI is InChI=1S/C11H13Br2NO3S/c12-9-4-8(17-11(9)13)5-14-1-2-18-6-7(14)3-10(15)16/h4,7H,1-3,5-6H2,(H,15,16). The molecule has 0 radical (unpaired) electrons. The fraction of sp³-hybridized carbons (Fsp3) is 0.545. The summed E-state index contributed by atoms with van der Waals surface area (Å²) in [6.45, 7) is 1.56. The molecule has 1 atom stereocenters. The van der Waals surface area contributed by atoms with E-state index in [9.17, 15) is 4.79 Å². The Morgan fingerprint density at radius 1 is 1.61 bits per heavy atom. The summed E-state index contributed by atoms with van der Waals surface area (Å²) in [5.74, 6) is 2.01. The first-order valence-corrected chi connectivity index (χ1v) is 8.27. The van der Waals surface area contributed by atoms with Gasteiger partial charge in [0.2, 0.25) is 0 Å². The number of halogens is 2. The van der Waals surface area contributed by atoms with E-state index in [2.05, 4.69) is 36.8 Å². The van der Waals surface area contributed by atoms with Gasteiger partial charge in [0.25, 0.3) is 0 Å². The lowest BCUT2D eigenvalue weighted by Gasteiger charge is -2.33. The normalized spacial score (nSPS) is 21.1. The number of thioether (sulfide) groups is 1. The van der Waals surface area contributed by atoms with Gasteiger partial charge in [-0.05, 0) is 37.9 Å². The van der Waals surface area contributed by atoms with Crippen LogP contribution in [0.4, 0.5) is 0 Å². The van der Waals surface area contributed by atoms with Crippen LogP contribution in [-0.2, 0) is 11.3 Å². The van der Waals surface area contributed by atoms with Gasteiger partial charge in [-0.3, -0.25) is 9.69 Å². The van der Waals surface area contributed by atoms with Crippen molar-refractivity contribution in [1.82, 2.24) is 4.90 Å². The molecule has 1 aromatic rings. The van der Waals surface area contributed by atoms with E-state index in [-0.39, 0.29) is 12.5 Å². The molecule has 1 saturated heterocycles. The van der Waals surface area contributed by atoms with Gasteiger partial charge in [-0.1, -0.05) is 0 Å². The molecule has 2 heterocycles. The second-order valence-corrected chi connectivity index (χ2v) is 6.86. The van der Waals surface area contributed by atoms with E-state index in [0.717, 1.165) is 28.3 Å². The number of aliphatic carboxylic acids is 1. The average molecular weight is 399 g/mol. The predicted molar refractivity (Wildman–Crippen MR) is 77.9 cm³/mol. The van der Waals surface area contributed by atoms with Crippen LogP contribution in [0.5, 0.6) is 0 Å². The average Bonchev–Trinajstić information content (AvgIpc) is 2.60. The summed E-state index contributed by atoms with van der Waals surface area (Å²) >= 11 is 8.50. The number of nitrogens with zero attached hydrogens (tertiary/aromatic N) is 1. The highest BCUT2D eigenvalue weighted by Crippen LogP contribution is 2.29. The molecule has 0 saturated carbocycles. The summed E-state index contributed by atoms with van der Waals surface area (Å²) in [6, 6.07) is 2.01. The predicted octanol–water partition coefficient (Wildman–Crippen LogP) is 3.20. The second-order valence-electron chi connectivity index (χ2n) is 4.13. The number of hydrogen-bond acceptors (Lipinski definition) is 4. The van der Waals surface area contributed by atoms with Crippen LogP contribution in [0.25, 0.3) is 0 Å². The zero-order valence-corrected chi connectivity index (χ0v) is 13.6. The van der Waals surface area contributed by atoms with Gasteiger partial charge in [0.15, 0.2) is 4.67 Å². The molecule has 7 heteroatoms. The minimum absolute atomic E-state index is 0.0869. The van der Waals surface area contributed by atoms with Crippen LogP contribution < -0.4 is 0 Å². The Kier molecular flexibility index (Phi) is 5.17. The molecule has 0 aliphatic carbocycles. The summed E-state index contributed by atoms with van der Waals surface area (Å²) < 4.78 is 7.11. The molecule has 1 aliphatic heterocycles. The van der Waals surface area contributed by atoms with Crippen LogP contribution >= 0.6 is 43.6 Å². The molecule has 0 bridgehead atoms. The molecule has 1 fully saturated rings. The summed E-state index contributed by atoms with van der Waals surface area (Å²) in [5, 5.41) is 8.92. The van der Waals surface area contributed by atoms with Gasteiger partial charge >= 0.3 is 5.97 Å². The number of carbonyl (C=O) groups is 1. The highest BCUT2D eigenvalue weighted by Gasteiger charge is 2.26. The Bertz CT molecular complexity index is 418. The van der Waals surface area contributed by atoms with Crippen LogP contribution in [0, 0.1) is 0 Å². The number of hydrogen-bond donors (Lipinski definition) is 1.